The number of aromatic nitrogens is 2. The second kappa shape index (κ2) is 34.0. The minimum Gasteiger partial charge on any atom is -0.400 e. The topological polar surface area (TPSA) is 380 Å². The van der Waals surface area contributed by atoms with Crippen LogP contribution in [0.25, 0.3) is 98.0 Å². The zero-order valence-electron chi connectivity index (χ0n) is 50.9. The summed E-state index contributed by atoms with van der Waals surface area (Å²) in [6.45, 7) is 0. The van der Waals surface area contributed by atoms with Crippen molar-refractivity contribution >= 4 is 111 Å². The zero-order chi connectivity index (χ0) is 67.4. The number of aliphatic imine (C=N–C) groups is 2. The van der Waals surface area contributed by atoms with Crippen LogP contribution in [0.15, 0.2) is 277 Å². The number of hydrogen-bond donors (Lipinski definition) is 6. The van der Waals surface area contributed by atoms with Gasteiger partial charge in [0.1, 0.15) is 0 Å². The fraction of sp³-hybridized carbons (Fsp3) is 0.0270. The van der Waals surface area contributed by atoms with Gasteiger partial charge in [-0.25, -0.2) is 37.3 Å². The summed E-state index contributed by atoms with van der Waals surface area (Å²) in [7, 11) is -7.89. The molecule has 14 aromatic rings. The number of aliphatic hydroxyl groups is 2. The summed E-state index contributed by atoms with van der Waals surface area (Å²) in [6.07, 6.45) is 7.14. The van der Waals surface area contributed by atoms with Crippen LogP contribution in [0.5, 0.6) is 0 Å². The Labute approximate surface area is 561 Å². The van der Waals surface area contributed by atoms with Gasteiger partial charge < -0.3 is 33.1 Å². The monoisotopic (exact) mass is 1350 g/mol. The molecule has 0 spiro atoms. The normalized spacial score (nSPS) is 10.9. The molecule has 14 rings (SSSR count). The van der Waals surface area contributed by atoms with Crippen molar-refractivity contribution < 1.29 is 84.8 Å². The Bertz CT molecular complexity index is 4610. The van der Waals surface area contributed by atoms with Gasteiger partial charge in [-0.15, -0.1) is 20.5 Å². The minimum atomic E-state index is -4.94. The molecule has 0 amide bonds. The fourth-order valence-corrected chi connectivity index (χ4v) is 10.7. The predicted octanol–water partition coefficient (Wildman–Crippen LogP) is 7.30. The van der Waals surface area contributed by atoms with Gasteiger partial charge in [0.15, 0.2) is 0 Å². The van der Waals surface area contributed by atoms with Gasteiger partial charge >= 0.3 is 16.8 Å². The van der Waals surface area contributed by atoms with Crippen LogP contribution in [0.2, 0.25) is 0 Å². The van der Waals surface area contributed by atoms with Crippen molar-refractivity contribution in [2.45, 2.75) is 0 Å². The Morgan fingerprint density at radius 1 is 0.284 bits per heavy atom. The van der Waals surface area contributed by atoms with Crippen molar-refractivity contribution in [1.29, 1.82) is 0 Å². The molecule has 481 valence electrons. The molecule has 1 radical (unpaired) electrons. The molecule has 2 heterocycles. The van der Waals surface area contributed by atoms with Crippen molar-refractivity contribution in [3.8, 4) is 33.4 Å². The van der Waals surface area contributed by atoms with E-state index in [-0.39, 0.29) is 16.8 Å². The van der Waals surface area contributed by atoms with Crippen LogP contribution in [0.1, 0.15) is 11.4 Å². The van der Waals surface area contributed by atoms with Crippen molar-refractivity contribution in [3.63, 3.8) is 0 Å². The van der Waals surface area contributed by atoms with Crippen molar-refractivity contribution in [2.75, 3.05) is 37.2 Å². The molecule has 0 fully saturated rings. The van der Waals surface area contributed by atoms with Gasteiger partial charge in [-0.3, -0.25) is 20.0 Å². The van der Waals surface area contributed by atoms with Gasteiger partial charge in [-0.05, 0) is 125 Å². The maximum atomic E-state index is 8.49. The first-order valence-electron chi connectivity index (χ1n) is 28.5. The van der Waals surface area contributed by atoms with Crippen LogP contribution in [-0.2, 0) is 16.8 Å². The van der Waals surface area contributed by atoms with Crippen LogP contribution in [0.4, 0.5) is 34.1 Å². The summed E-state index contributed by atoms with van der Waals surface area (Å²) in [5, 5.41) is 27.7. The van der Waals surface area contributed by atoms with Gasteiger partial charge in [0.25, 0.3) is 0 Å². The first-order valence-corrected chi connectivity index (χ1v) is 31.0. The van der Waals surface area contributed by atoms with Crippen LogP contribution < -0.4 is 60.2 Å². The average Bonchev–Trinajstić information content (AvgIpc) is 0.775. The molecule has 21 heteroatoms. The number of benzene rings is 12. The third kappa shape index (κ3) is 19.0. The van der Waals surface area contributed by atoms with Gasteiger partial charge in [0.2, 0.25) is 0 Å². The van der Waals surface area contributed by atoms with Gasteiger partial charge in [-0.2, -0.15) is 0 Å². The second-order valence-corrected chi connectivity index (χ2v) is 21.7. The molecule has 0 saturated carbocycles. The summed E-state index contributed by atoms with van der Waals surface area (Å²) in [5.41, 5.74) is 38.2. The first kappa shape index (κ1) is 72.2. The number of fused-ring (bicyclic) bond motifs is 6. The first-order chi connectivity index (χ1) is 45.4. The molecule has 10 N–H and O–H groups in total. The molecule has 0 saturated heterocycles. The van der Waals surface area contributed by atoms with E-state index in [0.29, 0.717) is 0 Å². The largest absolute Gasteiger partial charge is 2.00 e. The second-order valence-electron chi connectivity index (χ2n) is 20.1. The number of hydrogen-bond acceptors (Lipinski definition) is 18. The maximum Gasteiger partial charge on any atom is 2.00 e. The summed E-state index contributed by atoms with van der Waals surface area (Å²) < 4.78 is 67.9. The Hall–Kier alpha value is -10.3. The summed E-state index contributed by atoms with van der Waals surface area (Å²) in [6, 6.07) is 85.9. The van der Waals surface area contributed by atoms with Gasteiger partial charge in [-0.1, -0.05) is 194 Å². The molecule has 0 aliphatic heterocycles. The van der Waals surface area contributed by atoms with E-state index in [1.165, 1.54) is 10.8 Å². The fourth-order valence-electron chi connectivity index (χ4n) is 10.7. The number of halogens is 2. The number of aliphatic hydroxyl groups excluding tert-OH is 2. The third-order valence-corrected chi connectivity index (χ3v) is 14.5. The molecule has 0 aliphatic carbocycles. The molecule has 95 heavy (non-hydrogen) atoms. The van der Waals surface area contributed by atoms with E-state index in [9.17, 15) is 0 Å². The smallest absolute Gasteiger partial charge is 0.400 e. The number of rotatable bonds is 7. The molecular formula is C74H62Cl2CoN8O10. The van der Waals surface area contributed by atoms with E-state index >= 15 is 0 Å². The Kier molecular flexibility index (Phi) is 25.9. The van der Waals surface area contributed by atoms with Crippen molar-refractivity contribution in [2.24, 2.45) is 9.98 Å². The SMILES string of the molecule is CO.CO.Nc1ccc2ccccc2c1-c1c(N)ccc2ccccc12.Nc1ccc2ccccc2c1-c1c(N=Cc2ccccn2)ccc2ccccc12.Nc1ccc2ccccc2c1-c1c(N=Cc2ccccn2)ccc2ccccc12.[Co+2].[O-][Cl+3]([O-])([O-])[O-].[O-][Cl+3]([O-])([O-])[O-]. The van der Waals surface area contributed by atoms with E-state index in [1.807, 2.05) is 109 Å². The van der Waals surface area contributed by atoms with Crippen LogP contribution in [0, 0.1) is 20.5 Å². The van der Waals surface area contributed by atoms with Gasteiger partial charge in [0, 0.05) is 82.7 Å². The van der Waals surface area contributed by atoms with Crippen LogP contribution in [-0.4, -0.2) is 46.8 Å². The number of pyridine rings is 2. The van der Waals surface area contributed by atoms with Crippen LogP contribution in [0.3, 0.4) is 0 Å². The van der Waals surface area contributed by atoms with E-state index in [1.54, 1.807) is 24.8 Å². The summed E-state index contributed by atoms with van der Waals surface area (Å²) in [5.74, 6) is 0. The van der Waals surface area contributed by atoms with E-state index in [2.05, 4.69) is 156 Å². The number of nitrogens with two attached hydrogens (primary N) is 4. The van der Waals surface area contributed by atoms with Crippen LogP contribution >= 0.6 is 0 Å². The van der Waals surface area contributed by atoms with Crippen molar-refractivity contribution in [3.05, 3.63) is 279 Å². The molecule has 2 aromatic heterocycles. The standard InChI is InChI=1S/2C26H19N3.C20H16N2.2CH4O.2ClHO4.Co/c2*27-23-14-12-18-7-1-3-10-21(18)25(23)26-22-11-4-2-8-19(22)13-15-24(26)29-17-20-9-5-6-16-28-20;21-17-11-9-13-5-1-3-7-15(13)19(17)20-16-8-4-2-6-14(16)10-12-18(20)22;2*1-2;2*2-1(3,4)5;/h2*1-17H,27H2;1-12H,21-22H2;2*2H,1H3;2*(H,2,3,4,5);/q;;;;;;;+2/p-2. The Morgan fingerprint density at radius 2 is 0.484 bits per heavy atom. The summed E-state index contributed by atoms with van der Waals surface area (Å²) in [4.78, 5) is 18.3. The molecule has 0 aliphatic rings. The molecule has 12 aromatic carbocycles. The number of nitrogen functional groups attached to an aromatic ring is 4. The summed E-state index contributed by atoms with van der Waals surface area (Å²) >= 11 is 0. The average molecular weight is 1350 g/mol. The number of nitrogens with zero attached hydrogens (tertiary/aromatic N) is 4. The minimum absolute atomic E-state index is 0. The zero-order valence-corrected chi connectivity index (χ0v) is 53.5. The van der Waals surface area contributed by atoms with Gasteiger partial charge in [0.05, 0.1) is 35.2 Å². The molecular weight excluding hydrogens is 1290 g/mol. The molecule has 0 unspecified atom stereocenters. The third-order valence-electron chi connectivity index (χ3n) is 14.5. The van der Waals surface area contributed by atoms with Crippen molar-refractivity contribution in [1.82, 2.24) is 9.97 Å². The number of anilines is 4. The molecule has 0 bridgehead atoms. The quantitative estimate of drug-likeness (QED) is 0.0673. The van der Waals surface area contributed by atoms with E-state index < -0.39 is 20.5 Å². The Balaban J connectivity index is 0.000000183. The maximum absolute atomic E-state index is 8.49. The molecule has 0 atom stereocenters. The van der Waals surface area contributed by atoms with E-state index in [4.69, 9.17) is 80.4 Å². The predicted molar refractivity (Wildman–Crippen MR) is 358 cm³/mol. The van der Waals surface area contributed by atoms with E-state index in [0.717, 1.165) is 147 Å². The Morgan fingerprint density at radius 3 is 0.716 bits per heavy atom. The molecule has 18 nitrogen and oxygen atoms in total.